The highest BCUT2D eigenvalue weighted by Crippen LogP contribution is 1.89. The monoisotopic (exact) mass is 229 g/mol. The van der Waals surface area contributed by atoms with Gasteiger partial charge in [-0.3, -0.25) is 19.7 Å². The molecule has 1 unspecified atom stereocenters. The minimum absolute atomic E-state index is 0.126. The zero-order valence-electron chi connectivity index (χ0n) is 9.04. The van der Waals surface area contributed by atoms with Gasteiger partial charge in [0.2, 0.25) is 11.8 Å². The van der Waals surface area contributed by atoms with Gasteiger partial charge in [0, 0.05) is 13.1 Å². The van der Waals surface area contributed by atoms with Crippen molar-refractivity contribution in [3.63, 3.8) is 0 Å². The molecule has 16 heavy (non-hydrogen) atoms. The van der Waals surface area contributed by atoms with Gasteiger partial charge in [0.15, 0.2) is 0 Å². The number of ether oxygens (including phenoxy) is 1. The Labute approximate surface area is 92.9 Å². The molecule has 0 aromatic carbocycles. The van der Waals surface area contributed by atoms with Gasteiger partial charge >= 0.3 is 5.97 Å². The first-order valence-electron chi connectivity index (χ1n) is 4.98. The van der Waals surface area contributed by atoms with E-state index >= 15 is 0 Å². The fourth-order valence-corrected chi connectivity index (χ4v) is 1.26. The maximum Gasteiger partial charge on any atom is 0.307 e. The van der Waals surface area contributed by atoms with Gasteiger partial charge in [-0.15, -0.1) is 0 Å². The van der Waals surface area contributed by atoms with E-state index in [2.05, 4.69) is 20.7 Å². The summed E-state index contributed by atoms with van der Waals surface area (Å²) in [5.41, 5.74) is 0. The van der Waals surface area contributed by atoms with E-state index in [4.69, 9.17) is 0 Å². The summed E-state index contributed by atoms with van der Waals surface area (Å²) in [7, 11) is 1.29. The molecular formula is C9H15N3O4. The molecule has 0 aromatic heterocycles. The number of carbonyl (C=O) groups excluding carboxylic acids is 3. The molecule has 1 rings (SSSR count). The Morgan fingerprint density at radius 2 is 2.31 bits per heavy atom. The van der Waals surface area contributed by atoms with Crippen LogP contribution in [0.1, 0.15) is 6.42 Å². The normalized spacial score (nSPS) is 19.8. The van der Waals surface area contributed by atoms with Gasteiger partial charge in [-0.05, 0) is 0 Å². The zero-order valence-corrected chi connectivity index (χ0v) is 9.04. The summed E-state index contributed by atoms with van der Waals surface area (Å²) in [5.74, 6) is -0.729. The lowest BCUT2D eigenvalue weighted by Crippen LogP contribution is -2.58. The summed E-state index contributed by atoms with van der Waals surface area (Å²) in [6, 6.07) is -0.435. The second kappa shape index (κ2) is 6.06. The Hall–Kier alpha value is -1.63. The van der Waals surface area contributed by atoms with Crippen molar-refractivity contribution in [1.29, 1.82) is 0 Å². The van der Waals surface area contributed by atoms with Gasteiger partial charge in [-0.1, -0.05) is 0 Å². The van der Waals surface area contributed by atoms with Crippen LogP contribution in [0.4, 0.5) is 0 Å². The number of piperazine rings is 1. The minimum atomic E-state index is -0.435. The predicted molar refractivity (Wildman–Crippen MR) is 54.4 cm³/mol. The summed E-state index contributed by atoms with van der Waals surface area (Å²) in [6.07, 6.45) is 0.140. The summed E-state index contributed by atoms with van der Waals surface area (Å²) in [5, 5.41) is 7.93. The van der Waals surface area contributed by atoms with E-state index in [0.717, 1.165) is 0 Å². The fourth-order valence-electron chi connectivity index (χ4n) is 1.26. The number of amides is 2. The number of nitrogens with one attached hydrogen (secondary N) is 3. The van der Waals surface area contributed by atoms with Crippen LogP contribution in [0, 0.1) is 0 Å². The van der Waals surface area contributed by atoms with E-state index in [0.29, 0.717) is 0 Å². The smallest absolute Gasteiger partial charge is 0.307 e. The Morgan fingerprint density at radius 3 is 2.88 bits per heavy atom. The largest absolute Gasteiger partial charge is 0.469 e. The van der Waals surface area contributed by atoms with Crippen LogP contribution in [-0.4, -0.2) is 50.6 Å². The molecule has 1 aliphatic heterocycles. The molecular weight excluding hydrogens is 214 g/mol. The molecule has 1 fully saturated rings. The van der Waals surface area contributed by atoms with Crippen LogP contribution < -0.4 is 16.0 Å². The molecule has 0 radical (unpaired) electrons. The number of esters is 1. The van der Waals surface area contributed by atoms with Crippen molar-refractivity contribution in [2.24, 2.45) is 0 Å². The van der Waals surface area contributed by atoms with Crippen molar-refractivity contribution in [1.82, 2.24) is 16.0 Å². The Kier molecular flexibility index (Phi) is 4.71. The molecule has 1 saturated heterocycles. The Morgan fingerprint density at radius 1 is 1.56 bits per heavy atom. The molecule has 1 aliphatic rings. The van der Waals surface area contributed by atoms with Gasteiger partial charge in [-0.25, -0.2) is 0 Å². The first kappa shape index (κ1) is 12.4. The average molecular weight is 229 g/mol. The van der Waals surface area contributed by atoms with Gasteiger partial charge in [0.1, 0.15) is 6.04 Å². The average Bonchev–Trinajstić information content (AvgIpc) is 2.29. The molecule has 7 nitrogen and oxygen atoms in total. The van der Waals surface area contributed by atoms with Crippen LogP contribution in [0.15, 0.2) is 0 Å². The number of hydrogen-bond donors (Lipinski definition) is 3. The topological polar surface area (TPSA) is 96.5 Å². The third-order valence-corrected chi connectivity index (χ3v) is 2.18. The lowest BCUT2D eigenvalue weighted by atomic mass is 10.2. The zero-order chi connectivity index (χ0) is 12.0. The highest BCUT2D eigenvalue weighted by molar-refractivity contribution is 5.86. The number of methoxy groups -OCH3 is 1. The van der Waals surface area contributed by atoms with E-state index in [-0.39, 0.29) is 43.8 Å². The molecule has 3 N–H and O–H groups in total. The molecule has 1 atom stereocenters. The van der Waals surface area contributed by atoms with Crippen molar-refractivity contribution >= 4 is 17.8 Å². The van der Waals surface area contributed by atoms with Crippen molar-refractivity contribution < 1.29 is 19.1 Å². The molecule has 0 aliphatic carbocycles. The lowest BCUT2D eigenvalue weighted by Gasteiger charge is -2.22. The Balaban J connectivity index is 2.20. The molecule has 1 heterocycles. The first-order chi connectivity index (χ1) is 7.63. The Bertz CT molecular complexity index is 282. The molecule has 7 heteroatoms. The summed E-state index contributed by atoms with van der Waals surface area (Å²) < 4.78 is 4.43. The van der Waals surface area contributed by atoms with Crippen LogP contribution in [0.25, 0.3) is 0 Å². The highest BCUT2D eigenvalue weighted by atomic mass is 16.5. The second-order valence-corrected chi connectivity index (χ2v) is 3.35. The summed E-state index contributed by atoms with van der Waals surface area (Å²) in [4.78, 5) is 33.1. The lowest BCUT2D eigenvalue weighted by molar-refractivity contribution is -0.140. The van der Waals surface area contributed by atoms with Crippen LogP contribution >= 0.6 is 0 Å². The minimum Gasteiger partial charge on any atom is -0.469 e. The van der Waals surface area contributed by atoms with Gasteiger partial charge in [0.05, 0.1) is 20.1 Å². The third kappa shape index (κ3) is 3.85. The standard InChI is InChI=1S/C9H15N3O4/c1-16-8(14)2-3-10-9(15)6-4-12-7(13)5-11-6/h6,11H,2-5H2,1H3,(H,10,15)(H,12,13). The van der Waals surface area contributed by atoms with Gasteiger partial charge in [0.25, 0.3) is 0 Å². The SMILES string of the molecule is COC(=O)CCNC(=O)C1CNC(=O)CN1. The third-order valence-electron chi connectivity index (χ3n) is 2.18. The molecule has 0 bridgehead atoms. The second-order valence-electron chi connectivity index (χ2n) is 3.35. The predicted octanol–water partition coefficient (Wildman–Crippen LogP) is -2.25. The summed E-state index contributed by atoms with van der Waals surface area (Å²) in [6.45, 7) is 0.635. The molecule has 0 aromatic rings. The van der Waals surface area contributed by atoms with E-state index in [1.165, 1.54) is 7.11 Å². The quantitative estimate of drug-likeness (QED) is 0.473. The van der Waals surface area contributed by atoms with Crippen LogP contribution in [0.5, 0.6) is 0 Å². The number of hydrogen-bond acceptors (Lipinski definition) is 5. The van der Waals surface area contributed by atoms with E-state index in [9.17, 15) is 14.4 Å². The molecule has 90 valence electrons. The number of carbonyl (C=O) groups is 3. The molecule has 0 saturated carbocycles. The summed E-state index contributed by atoms with van der Waals surface area (Å²) >= 11 is 0. The van der Waals surface area contributed by atoms with Crippen molar-refractivity contribution in [3.8, 4) is 0 Å². The van der Waals surface area contributed by atoms with Crippen molar-refractivity contribution in [3.05, 3.63) is 0 Å². The van der Waals surface area contributed by atoms with Gasteiger partial charge < -0.3 is 15.4 Å². The highest BCUT2D eigenvalue weighted by Gasteiger charge is 2.23. The van der Waals surface area contributed by atoms with Gasteiger partial charge in [-0.2, -0.15) is 0 Å². The van der Waals surface area contributed by atoms with E-state index < -0.39 is 6.04 Å². The molecule has 2 amide bonds. The van der Waals surface area contributed by atoms with Crippen molar-refractivity contribution in [2.45, 2.75) is 12.5 Å². The maximum atomic E-state index is 11.5. The van der Waals surface area contributed by atoms with E-state index in [1.807, 2.05) is 0 Å². The van der Waals surface area contributed by atoms with E-state index in [1.54, 1.807) is 0 Å². The van der Waals surface area contributed by atoms with Crippen LogP contribution in [0.2, 0.25) is 0 Å². The molecule has 0 spiro atoms. The van der Waals surface area contributed by atoms with Crippen LogP contribution in [-0.2, 0) is 19.1 Å². The number of rotatable bonds is 4. The maximum absolute atomic E-state index is 11.5. The van der Waals surface area contributed by atoms with Crippen LogP contribution in [0.3, 0.4) is 0 Å². The van der Waals surface area contributed by atoms with Crippen molar-refractivity contribution in [2.75, 3.05) is 26.7 Å². The fraction of sp³-hybridized carbons (Fsp3) is 0.667. The first-order valence-corrected chi connectivity index (χ1v) is 4.98.